The summed E-state index contributed by atoms with van der Waals surface area (Å²) in [4.78, 5) is 25.9. The third-order valence-electron chi connectivity index (χ3n) is 4.29. The molecule has 0 aromatic heterocycles. The number of hydrogen-bond donors (Lipinski definition) is 1. The number of likely N-dealkylation sites (tertiary alicyclic amines) is 1. The smallest absolute Gasteiger partial charge is 0.309 e. The summed E-state index contributed by atoms with van der Waals surface area (Å²) in [7, 11) is 0. The first kappa shape index (κ1) is 20.0. The summed E-state index contributed by atoms with van der Waals surface area (Å²) in [5.74, 6) is -0.698. The first-order valence-electron chi connectivity index (χ1n) is 8.55. The Morgan fingerprint density at radius 3 is 2.69 bits per heavy atom. The molecule has 0 spiro atoms. The minimum absolute atomic E-state index is 0.0418. The topological polar surface area (TPSA) is 82.4 Å². The summed E-state index contributed by atoms with van der Waals surface area (Å²) in [6.07, 6.45) is 2.55. The molecule has 2 rings (SSSR count). The maximum atomic E-state index is 12.5. The number of halogens is 1. The maximum Gasteiger partial charge on any atom is 0.309 e. The van der Waals surface area contributed by atoms with Crippen molar-refractivity contribution in [3.8, 4) is 6.07 Å². The molecule has 0 bridgehead atoms. The van der Waals surface area contributed by atoms with Crippen molar-refractivity contribution in [2.75, 3.05) is 25.0 Å². The average molecular weight is 420 g/mol. The predicted molar refractivity (Wildman–Crippen MR) is 102 cm³/mol. The van der Waals surface area contributed by atoms with Gasteiger partial charge in [0.2, 0.25) is 0 Å². The fourth-order valence-corrected chi connectivity index (χ4v) is 3.03. The molecule has 1 aromatic rings. The average Bonchev–Trinajstić information content (AvgIpc) is 2.65. The first-order valence-corrected chi connectivity index (χ1v) is 9.34. The van der Waals surface area contributed by atoms with Crippen LogP contribution < -0.4 is 5.32 Å². The van der Waals surface area contributed by atoms with E-state index in [4.69, 9.17) is 4.74 Å². The molecule has 0 radical (unpaired) electrons. The number of piperidine rings is 1. The van der Waals surface area contributed by atoms with Gasteiger partial charge < -0.3 is 15.0 Å². The van der Waals surface area contributed by atoms with Crippen molar-refractivity contribution in [2.45, 2.75) is 26.7 Å². The Balaban J connectivity index is 1.97. The summed E-state index contributed by atoms with van der Waals surface area (Å²) < 4.78 is 6.03. The Morgan fingerprint density at radius 2 is 2.12 bits per heavy atom. The molecular formula is C19H22BrN3O3. The number of nitrogens with zero attached hydrogens (tertiary/aromatic N) is 2. The SMILES string of the molecule is CCOC(=O)C1CCN(C(=O)/C(C#N)=C\Nc2ccc(Br)c(C)c2)CC1. The van der Waals surface area contributed by atoms with Gasteiger partial charge in [-0.3, -0.25) is 9.59 Å². The number of benzene rings is 1. The zero-order chi connectivity index (χ0) is 19.1. The molecule has 0 unspecified atom stereocenters. The molecule has 1 saturated heterocycles. The quantitative estimate of drug-likeness (QED) is 0.449. The number of aryl methyl sites for hydroxylation is 1. The van der Waals surface area contributed by atoms with E-state index in [1.54, 1.807) is 11.8 Å². The van der Waals surface area contributed by atoms with Gasteiger partial charge in [-0.1, -0.05) is 15.9 Å². The molecule has 6 nitrogen and oxygen atoms in total. The molecular weight excluding hydrogens is 398 g/mol. The van der Waals surface area contributed by atoms with Crippen molar-refractivity contribution >= 4 is 33.5 Å². The third kappa shape index (κ3) is 5.09. The molecule has 1 N–H and O–H groups in total. The lowest BCUT2D eigenvalue weighted by Crippen LogP contribution is -2.41. The summed E-state index contributed by atoms with van der Waals surface area (Å²) in [6, 6.07) is 7.64. The second kappa shape index (κ2) is 9.39. The largest absolute Gasteiger partial charge is 0.466 e. The number of carbonyl (C=O) groups excluding carboxylic acids is 2. The van der Waals surface area contributed by atoms with Crippen LogP contribution in [0.2, 0.25) is 0 Å². The third-order valence-corrected chi connectivity index (χ3v) is 5.18. The molecule has 26 heavy (non-hydrogen) atoms. The van der Waals surface area contributed by atoms with Gasteiger partial charge in [0.15, 0.2) is 0 Å². The Bertz CT molecular complexity index is 747. The second-order valence-corrected chi connectivity index (χ2v) is 6.95. The summed E-state index contributed by atoms with van der Waals surface area (Å²) in [5, 5.41) is 12.3. The van der Waals surface area contributed by atoms with Gasteiger partial charge >= 0.3 is 5.97 Å². The van der Waals surface area contributed by atoms with Gasteiger partial charge in [0.25, 0.3) is 5.91 Å². The van der Waals surface area contributed by atoms with Crippen LogP contribution in [-0.4, -0.2) is 36.5 Å². The lowest BCUT2D eigenvalue weighted by molar-refractivity contribution is -0.150. The van der Waals surface area contributed by atoms with Crippen LogP contribution in [0.4, 0.5) is 5.69 Å². The van der Waals surface area contributed by atoms with E-state index in [-0.39, 0.29) is 23.4 Å². The highest BCUT2D eigenvalue weighted by Crippen LogP contribution is 2.22. The number of hydrogen-bond acceptors (Lipinski definition) is 5. The molecule has 0 aliphatic carbocycles. The highest BCUT2D eigenvalue weighted by Gasteiger charge is 2.29. The fourth-order valence-electron chi connectivity index (χ4n) is 2.78. The van der Waals surface area contributed by atoms with E-state index in [9.17, 15) is 14.9 Å². The zero-order valence-corrected chi connectivity index (χ0v) is 16.5. The first-order chi connectivity index (χ1) is 12.5. The van der Waals surface area contributed by atoms with E-state index in [2.05, 4.69) is 21.2 Å². The van der Waals surface area contributed by atoms with Crippen molar-refractivity contribution in [3.63, 3.8) is 0 Å². The predicted octanol–water partition coefficient (Wildman–Crippen LogP) is 3.38. The lowest BCUT2D eigenvalue weighted by atomic mass is 9.96. The van der Waals surface area contributed by atoms with Crippen LogP contribution in [0, 0.1) is 24.2 Å². The maximum absolute atomic E-state index is 12.5. The Kier molecular flexibility index (Phi) is 7.22. The second-order valence-electron chi connectivity index (χ2n) is 6.10. The van der Waals surface area contributed by atoms with Crippen LogP contribution in [0.3, 0.4) is 0 Å². The number of ether oxygens (including phenoxy) is 1. The van der Waals surface area contributed by atoms with Crippen molar-refractivity contribution in [1.29, 1.82) is 5.26 Å². The number of anilines is 1. The van der Waals surface area contributed by atoms with E-state index in [0.717, 1.165) is 15.7 Å². The lowest BCUT2D eigenvalue weighted by Gasteiger charge is -2.30. The monoisotopic (exact) mass is 419 g/mol. The van der Waals surface area contributed by atoms with Crippen molar-refractivity contribution in [1.82, 2.24) is 4.90 Å². The molecule has 0 saturated carbocycles. The Hall–Kier alpha value is -2.33. The van der Waals surface area contributed by atoms with Crippen LogP contribution in [-0.2, 0) is 14.3 Å². The van der Waals surface area contributed by atoms with E-state index >= 15 is 0 Å². The number of amides is 1. The number of rotatable bonds is 5. The number of carbonyl (C=O) groups is 2. The number of nitriles is 1. The number of nitrogens with one attached hydrogen (secondary N) is 1. The summed E-state index contributed by atoms with van der Waals surface area (Å²) in [6.45, 7) is 4.99. The normalized spacial score (nSPS) is 15.3. The van der Waals surface area contributed by atoms with E-state index in [1.807, 2.05) is 31.2 Å². The van der Waals surface area contributed by atoms with Crippen LogP contribution in [0.25, 0.3) is 0 Å². The van der Waals surface area contributed by atoms with E-state index in [0.29, 0.717) is 32.5 Å². The van der Waals surface area contributed by atoms with Crippen LogP contribution in [0.15, 0.2) is 34.4 Å². The molecule has 138 valence electrons. The van der Waals surface area contributed by atoms with Gasteiger partial charge in [0, 0.05) is 29.4 Å². The van der Waals surface area contributed by atoms with Crippen LogP contribution >= 0.6 is 15.9 Å². The molecule has 1 aromatic carbocycles. The van der Waals surface area contributed by atoms with Gasteiger partial charge in [-0.15, -0.1) is 0 Å². The van der Waals surface area contributed by atoms with Gasteiger partial charge in [0.05, 0.1) is 12.5 Å². The minimum Gasteiger partial charge on any atom is -0.466 e. The van der Waals surface area contributed by atoms with Crippen molar-refractivity contribution in [2.24, 2.45) is 5.92 Å². The Labute approximate surface area is 161 Å². The van der Waals surface area contributed by atoms with Gasteiger partial charge in [-0.05, 0) is 50.5 Å². The van der Waals surface area contributed by atoms with Crippen LogP contribution in [0.1, 0.15) is 25.3 Å². The highest BCUT2D eigenvalue weighted by molar-refractivity contribution is 9.10. The molecule has 1 heterocycles. The molecule has 0 atom stereocenters. The molecule has 1 fully saturated rings. The van der Waals surface area contributed by atoms with Crippen LogP contribution in [0.5, 0.6) is 0 Å². The number of esters is 1. The highest BCUT2D eigenvalue weighted by atomic mass is 79.9. The molecule has 1 aliphatic rings. The molecule has 1 aliphatic heterocycles. The fraction of sp³-hybridized carbons (Fsp3) is 0.421. The standard InChI is InChI=1S/C19H22BrN3O3/c1-3-26-19(25)14-6-8-23(9-7-14)18(24)15(11-21)12-22-16-4-5-17(20)13(2)10-16/h4-5,10,12,14,22H,3,6-9H2,1-2H3/b15-12-. The van der Waals surface area contributed by atoms with E-state index < -0.39 is 0 Å². The zero-order valence-electron chi connectivity index (χ0n) is 14.9. The van der Waals surface area contributed by atoms with Crippen molar-refractivity contribution < 1.29 is 14.3 Å². The van der Waals surface area contributed by atoms with Crippen molar-refractivity contribution in [3.05, 3.63) is 40.0 Å². The summed E-state index contributed by atoms with van der Waals surface area (Å²) in [5.41, 5.74) is 1.89. The molecule has 7 heteroatoms. The van der Waals surface area contributed by atoms with Gasteiger partial charge in [0.1, 0.15) is 11.6 Å². The van der Waals surface area contributed by atoms with Gasteiger partial charge in [-0.25, -0.2) is 0 Å². The Morgan fingerprint density at radius 1 is 1.42 bits per heavy atom. The van der Waals surface area contributed by atoms with Gasteiger partial charge in [-0.2, -0.15) is 5.26 Å². The molecule has 1 amide bonds. The summed E-state index contributed by atoms with van der Waals surface area (Å²) >= 11 is 3.43. The van der Waals surface area contributed by atoms with E-state index in [1.165, 1.54) is 6.20 Å². The minimum atomic E-state index is -0.323.